The Morgan fingerprint density at radius 1 is 1.24 bits per heavy atom. The minimum atomic E-state index is 0.126. The van der Waals surface area contributed by atoms with E-state index in [0.29, 0.717) is 19.1 Å². The number of aliphatic hydroxyl groups excluding tert-OH is 2. The highest BCUT2D eigenvalue weighted by molar-refractivity contribution is 5.47. The molecule has 1 aromatic carbocycles. The summed E-state index contributed by atoms with van der Waals surface area (Å²) in [7, 11) is 0. The summed E-state index contributed by atoms with van der Waals surface area (Å²) in [5, 5.41) is 18.1. The van der Waals surface area contributed by atoms with Gasteiger partial charge in [0.05, 0.1) is 13.2 Å². The number of fused-ring (bicyclic) bond motifs is 1. The van der Waals surface area contributed by atoms with Gasteiger partial charge in [-0.25, -0.2) is 0 Å². The second kappa shape index (κ2) is 5.49. The maximum absolute atomic E-state index is 9.07. The molecule has 1 aromatic rings. The SMILES string of the molecule is Nc1ccc2c(c1)CCC2N(CCO)CCO. The number of rotatable bonds is 5. The smallest absolute Gasteiger partial charge is 0.0558 e. The van der Waals surface area contributed by atoms with Crippen molar-refractivity contribution in [3.63, 3.8) is 0 Å². The van der Waals surface area contributed by atoms with E-state index in [1.807, 2.05) is 12.1 Å². The van der Waals surface area contributed by atoms with Crippen molar-refractivity contribution in [2.24, 2.45) is 0 Å². The van der Waals surface area contributed by atoms with Crippen LogP contribution in [0.15, 0.2) is 18.2 Å². The van der Waals surface area contributed by atoms with Gasteiger partial charge in [0.1, 0.15) is 0 Å². The lowest BCUT2D eigenvalue weighted by molar-refractivity contribution is 0.121. The lowest BCUT2D eigenvalue weighted by Gasteiger charge is -2.28. The lowest BCUT2D eigenvalue weighted by atomic mass is 10.1. The largest absolute Gasteiger partial charge is 0.399 e. The van der Waals surface area contributed by atoms with Crippen LogP contribution in [0, 0.1) is 0 Å². The summed E-state index contributed by atoms with van der Waals surface area (Å²) < 4.78 is 0. The molecule has 0 aromatic heterocycles. The van der Waals surface area contributed by atoms with Gasteiger partial charge in [0.2, 0.25) is 0 Å². The normalized spacial score (nSPS) is 18.6. The third-order valence-electron chi connectivity index (χ3n) is 3.43. The average molecular weight is 236 g/mol. The summed E-state index contributed by atoms with van der Waals surface area (Å²) in [5.74, 6) is 0. The third-order valence-corrected chi connectivity index (χ3v) is 3.43. The molecule has 4 N–H and O–H groups in total. The van der Waals surface area contributed by atoms with E-state index < -0.39 is 0 Å². The van der Waals surface area contributed by atoms with Gasteiger partial charge in [0.25, 0.3) is 0 Å². The maximum atomic E-state index is 9.07. The maximum Gasteiger partial charge on any atom is 0.0558 e. The molecule has 0 radical (unpaired) electrons. The Morgan fingerprint density at radius 2 is 1.94 bits per heavy atom. The number of aryl methyl sites for hydroxylation is 1. The number of aliphatic hydroxyl groups is 2. The molecule has 1 atom stereocenters. The predicted octanol–water partition coefficient (Wildman–Crippen LogP) is 0.543. The van der Waals surface area contributed by atoms with E-state index in [1.165, 1.54) is 11.1 Å². The molecule has 2 rings (SSSR count). The van der Waals surface area contributed by atoms with E-state index in [2.05, 4.69) is 11.0 Å². The number of nitrogens with zero attached hydrogens (tertiary/aromatic N) is 1. The highest BCUT2D eigenvalue weighted by Gasteiger charge is 2.27. The van der Waals surface area contributed by atoms with Crippen LogP contribution in [-0.2, 0) is 6.42 Å². The molecule has 17 heavy (non-hydrogen) atoms. The Kier molecular flexibility index (Phi) is 3.99. The van der Waals surface area contributed by atoms with Crippen molar-refractivity contribution >= 4 is 5.69 Å². The van der Waals surface area contributed by atoms with Crippen molar-refractivity contribution in [1.29, 1.82) is 0 Å². The fourth-order valence-corrected chi connectivity index (χ4v) is 2.67. The summed E-state index contributed by atoms with van der Waals surface area (Å²) >= 11 is 0. The van der Waals surface area contributed by atoms with Crippen LogP contribution < -0.4 is 5.73 Å². The van der Waals surface area contributed by atoms with Gasteiger partial charge in [0, 0.05) is 24.8 Å². The molecule has 0 amide bonds. The molecule has 0 aliphatic heterocycles. The van der Waals surface area contributed by atoms with Crippen LogP contribution in [0.1, 0.15) is 23.6 Å². The predicted molar refractivity (Wildman–Crippen MR) is 67.7 cm³/mol. The molecule has 1 aliphatic carbocycles. The van der Waals surface area contributed by atoms with Crippen LogP contribution in [0.5, 0.6) is 0 Å². The number of benzene rings is 1. The first kappa shape index (κ1) is 12.4. The quantitative estimate of drug-likeness (QED) is 0.653. The van der Waals surface area contributed by atoms with Crippen molar-refractivity contribution in [1.82, 2.24) is 4.90 Å². The van der Waals surface area contributed by atoms with Crippen molar-refractivity contribution < 1.29 is 10.2 Å². The first-order valence-electron chi connectivity index (χ1n) is 6.10. The second-order valence-corrected chi connectivity index (χ2v) is 4.50. The summed E-state index contributed by atoms with van der Waals surface area (Å²) in [6.07, 6.45) is 2.07. The van der Waals surface area contributed by atoms with E-state index in [9.17, 15) is 0 Å². The molecule has 4 heteroatoms. The van der Waals surface area contributed by atoms with Crippen molar-refractivity contribution in [2.45, 2.75) is 18.9 Å². The summed E-state index contributed by atoms with van der Waals surface area (Å²) in [4.78, 5) is 2.14. The van der Waals surface area contributed by atoms with Crippen molar-refractivity contribution in [3.8, 4) is 0 Å². The summed E-state index contributed by atoms with van der Waals surface area (Å²) in [5.41, 5.74) is 9.18. The molecule has 0 saturated heterocycles. The third kappa shape index (κ3) is 2.60. The number of nitrogen functional groups attached to an aromatic ring is 1. The monoisotopic (exact) mass is 236 g/mol. The van der Waals surface area contributed by atoms with Crippen LogP contribution in [-0.4, -0.2) is 41.4 Å². The molecule has 0 bridgehead atoms. The zero-order valence-corrected chi connectivity index (χ0v) is 9.97. The zero-order chi connectivity index (χ0) is 12.3. The van der Waals surface area contributed by atoms with Crippen LogP contribution >= 0.6 is 0 Å². The van der Waals surface area contributed by atoms with Crippen molar-refractivity contribution in [2.75, 3.05) is 32.0 Å². The Bertz CT molecular complexity index is 376. The molecule has 0 saturated carbocycles. The van der Waals surface area contributed by atoms with E-state index in [0.717, 1.165) is 18.5 Å². The molecular formula is C13H20N2O2. The average Bonchev–Trinajstić information content (AvgIpc) is 2.71. The Hall–Kier alpha value is -1.10. The highest BCUT2D eigenvalue weighted by atomic mass is 16.3. The number of hydrogen-bond donors (Lipinski definition) is 3. The molecule has 4 nitrogen and oxygen atoms in total. The van der Waals surface area contributed by atoms with Crippen LogP contribution in [0.3, 0.4) is 0 Å². The molecule has 0 heterocycles. The van der Waals surface area contributed by atoms with E-state index >= 15 is 0 Å². The van der Waals surface area contributed by atoms with Gasteiger partial charge in [-0.05, 0) is 36.1 Å². The molecule has 1 aliphatic rings. The van der Waals surface area contributed by atoms with Gasteiger partial charge >= 0.3 is 0 Å². The number of nitrogens with two attached hydrogens (primary N) is 1. The van der Waals surface area contributed by atoms with Gasteiger partial charge in [-0.2, -0.15) is 0 Å². The van der Waals surface area contributed by atoms with Crippen LogP contribution in [0.4, 0.5) is 5.69 Å². The zero-order valence-electron chi connectivity index (χ0n) is 9.97. The fraction of sp³-hybridized carbons (Fsp3) is 0.538. The molecule has 0 fully saturated rings. The van der Waals surface area contributed by atoms with Gasteiger partial charge in [-0.1, -0.05) is 6.07 Å². The Labute approximate surface area is 102 Å². The Balaban J connectivity index is 2.19. The molecule has 94 valence electrons. The lowest BCUT2D eigenvalue weighted by Crippen LogP contribution is -2.32. The summed E-state index contributed by atoms with van der Waals surface area (Å²) in [6.45, 7) is 1.46. The van der Waals surface area contributed by atoms with Gasteiger partial charge in [-0.15, -0.1) is 0 Å². The number of hydrogen-bond acceptors (Lipinski definition) is 4. The molecule has 1 unspecified atom stereocenters. The van der Waals surface area contributed by atoms with E-state index in [-0.39, 0.29) is 13.2 Å². The second-order valence-electron chi connectivity index (χ2n) is 4.50. The van der Waals surface area contributed by atoms with Gasteiger partial charge < -0.3 is 15.9 Å². The number of anilines is 1. The summed E-state index contributed by atoms with van der Waals surface area (Å²) in [6, 6.07) is 6.34. The van der Waals surface area contributed by atoms with Crippen LogP contribution in [0.25, 0.3) is 0 Å². The minimum absolute atomic E-state index is 0.126. The Morgan fingerprint density at radius 3 is 2.59 bits per heavy atom. The highest BCUT2D eigenvalue weighted by Crippen LogP contribution is 2.36. The first-order valence-corrected chi connectivity index (χ1v) is 6.10. The minimum Gasteiger partial charge on any atom is -0.399 e. The molecule has 0 spiro atoms. The van der Waals surface area contributed by atoms with Gasteiger partial charge in [-0.3, -0.25) is 4.90 Å². The first-order chi connectivity index (χ1) is 8.26. The van der Waals surface area contributed by atoms with Crippen LogP contribution in [0.2, 0.25) is 0 Å². The fourth-order valence-electron chi connectivity index (χ4n) is 2.67. The molecular weight excluding hydrogens is 216 g/mol. The van der Waals surface area contributed by atoms with Gasteiger partial charge in [0.15, 0.2) is 0 Å². The van der Waals surface area contributed by atoms with Crippen molar-refractivity contribution in [3.05, 3.63) is 29.3 Å². The standard InChI is InChI=1S/C13H20N2O2/c14-11-2-3-12-10(9-11)1-4-13(12)15(5-7-16)6-8-17/h2-3,9,13,16-17H,1,4-8,14H2. The topological polar surface area (TPSA) is 69.7 Å². The van der Waals surface area contributed by atoms with E-state index in [1.54, 1.807) is 0 Å². The van der Waals surface area contributed by atoms with E-state index in [4.69, 9.17) is 15.9 Å².